The van der Waals surface area contributed by atoms with E-state index in [2.05, 4.69) is 4.90 Å². The molecule has 2 atom stereocenters. The summed E-state index contributed by atoms with van der Waals surface area (Å²) >= 11 is 0. The fourth-order valence-electron chi connectivity index (χ4n) is 2.88. The van der Waals surface area contributed by atoms with Crippen molar-refractivity contribution in [3.63, 3.8) is 0 Å². The van der Waals surface area contributed by atoms with Crippen molar-refractivity contribution in [1.29, 1.82) is 0 Å². The number of benzene rings is 1. The summed E-state index contributed by atoms with van der Waals surface area (Å²) in [6.07, 6.45) is -0.979. The molecule has 2 unspecified atom stereocenters. The lowest BCUT2D eigenvalue weighted by atomic mass is 10.0. The largest absolute Gasteiger partial charge is 0.416 e. The van der Waals surface area contributed by atoms with E-state index in [9.17, 15) is 13.2 Å². The fourth-order valence-corrected chi connectivity index (χ4v) is 2.88. The Hall–Kier alpha value is -1.23. The Morgan fingerprint density at radius 2 is 1.84 bits per heavy atom. The third-order valence-electron chi connectivity index (χ3n) is 4.02. The van der Waals surface area contributed by atoms with Crippen molar-refractivity contribution in [3.05, 3.63) is 29.8 Å². The Balaban J connectivity index is 2.13. The first kappa shape index (κ1) is 14.2. The van der Waals surface area contributed by atoms with Crippen LogP contribution in [0.3, 0.4) is 0 Å². The molecule has 1 aromatic carbocycles. The van der Waals surface area contributed by atoms with E-state index in [-0.39, 0.29) is 0 Å². The van der Waals surface area contributed by atoms with Gasteiger partial charge in [-0.2, -0.15) is 13.2 Å². The van der Waals surface area contributed by atoms with Crippen molar-refractivity contribution >= 4 is 5.69 Å². The van der Waals surface area contributed by atoms with E-state index < -0.39 is 11.7 Å². The Labute approximate surface area is 111 Å². The van der Waals surface area contributed by atoms with Crippen molar-refractivity contribution in [1.82, 2.24) is 0 Å². The van der Waals surface area contributed by atoms with Crippen molar-refractivity contribution in [2.24, 2.45) is 11.7 Å². The molecule has 0 heterocycles. The van der Waals surface area contributed by atoms with Crippen LogP contribution in [0, 0.1) is 5.92 Å². The first-order valence-corrected chi connectivity index (χ1v) is 6.53. The van der Waals surface area contributed by atoms with Crippen LogP contribution in [-0.4, -0.2) is 19.6 Å². The highest BCUT2D eigenvalue weighted by atomic mass is 19.4. The highest BCUT2D eigenvalue weighted by Gasteiger charge is 2.32. The highest BCUT2D eigenvalue weighted by molar-refractivity contribution is 5.48. The van der Waals surface area contributed by atoms with Crippen molar-refractivity contribution in [3.8, 4) is 0 Å². The van der Waals surface area contributed by atoms with Crippen LogP contribution in [0.1, 0.15) is 24.8 Å². The average Bonchev–Trinajstić information content (AvgIpc) is 2.85. The van der Waals surface area contributed by atoms with Gasteiger partial charge >= 0.3 is 6.18 Å². The van der Waals surface area contributed by atoms with Crippen LogP contribution < -0.4 is 10.6 Å². The molecule has 0 spiro atoms. The van der Waals surface area contributed by atoms with Gasteiger partial charge in [-0.15, -0.1) is 0 Å². The zero-order chi connectivity index (χ0) is 14.0. The molecular weight excluding hydrogens is 253 g/mol. The second-order valence-electron chi connectivity index (χ2n) is 5.15. The zero-order valence-corrected chi connectivity index (χ0v) is 11.0. The quantitative estimate of drug-likeness (QED) is 0.915. The van der Waals surface area contributed by atoms with Crippen LogP contribution in [0.25, 0.3) is 0 Å². The minimum Gasteiger partial charge on any atom is -0.371 e. The predicted octanol–water partition coefficient (Wildman–Crippen LogP) is 3.27. The summed E-state index contributed by atoms with van der Waals surface area (Å²) in [5, 5.41) is 0. The van der Waals surface area contributed by atoms with Crippen LogP contribution in [0.5, 0.6) is 0 Å². The standard InChI is InChI=1S/C14H19F3N2/c1-19(13-4-2-3-10(13)9-18)12-7-5-11(6-8-12)14(15,16)17/h5-8,10,13H,2-4,9,18H2,1H3. The summed E-state index contributed by atoms with van der Waals surface area (Å²) in [7, 11) is 1.93. The molecule has 0 saturated heterocycles. The number of hydrogen-bond donors (Lipinski definition) is 1. The molecule has 0 aromatic heterocycles. The molecule has 1 saturated carbocycles. The van der Waals surface area contributed by atoms with Gasteiger partial charge in [0.1, 0.15) is 0 Å². The third kappa shape index (κ3) is 3.03. The molecule has 5 heteroatoms. The smallest absolute Gasteiger partial charge is 0.371 e. The molecule has 106 valence electrons. The Kier molecular flexibility index (Phi) is 4.04. The Bertz CT molecular complexity index is 414. The van der Waals surface area contributed by atoms with Gasteiger partial charge in [0.05, 0.1) is 5.56 Å². The number of nitrogens with zero attached hydrogens (tertiary/aromatic N) is 1. The molecular formula is C14H19F3N2. The topological polar surface area (TPSA) is 29.3 Å². The van der Waals surface area contributed by atoms with Gasteiger partial charge in [-0.3, -0.25) is 0 Å². The molecule has 1 aliphatic carbocycles. The average molecular weight is 272 g/mol. The molecule has 1 fully saturated rings. The van der Waals surface area contributed by atoms with Crippen LogP contribution in [0.2, 0.25) is 0 Å². The molecule has 19 heavy (non-hydrogen) atoms. The number of halogens is 3. The number of anilines is 1. The lowest BCUT2D eigenvalue weighted by Crippen LogP contribution is -2.37. The van der Waals surface area contributed by atoms with E-state index in [1.165, 1.54) is 12.1 Å². The second kappa shape index (κ2) is 5.41. The van der Waals surface area contributed by atoms with Crippen LogP contribution >= 0.6 is 0 Å². The van der Waals surface area contributed by atoms with Crippen LogP contribution in [0.4, 0.5) is 18.9 Å². The van der Waals surface area contributed by atoms with Crippen molar-refractivity contribution in [2.75, 3.05) is 18.5 Å². The maximum Gasteiger partial charge on any atom is 0.416 e. The highest BCUT2D eigenvalue weighted by Crippen LogP contribution is 2.34. The maximum absolute atomic E-state index is 12.5. The van der Waals surface area contributed by atoms with Gasteiger partial charge in [0, 0.05) is 18.8 Å². The Morgan fingerprint density at radius 1 is 1.21 bits per heavy atom. The summed E-state index contributed by atoms with van der Waals surface area (Å²) < 4.78 is 37.5. The number of rotatable bonds is 3. The minimum atomic E-state index is -4.27. The second-order valence-corrected chi connectivity index (χ2v) is 5.15. The van der Waals surface area contributed by atoms with Gasteiger partial charge < -0.3 is 10.6 Å². The SMILES string of the molecule is CN(c1ccc(C(F)(F)F)cc1)C1CCCC1CN. The summed E-state index contributed by atoms with van der Waals surface area (Å²) in [6.45, 7) is 0.635. The van der Waals surface area contributed by atoms with E-state index in [1.54, 1.807) is 0 Å². The zero-order valence-electron chi connectivity index (χ0n) is 11.0. The fraction of sp³-hybridized carbons (Fsp3) is 0.571. The number of hydrogen-bond acceptors (Lipinski definition) is 2. The molecule has 0 bridgehead atoms. The monoisotopic (exact) mass is 272 g/mol. The van der Waals surface area contributed by atoms with Gasteiger partial charge in [-0.25, -0.2) is 0 Å². The number of alkyl halides is 3. The lowest BCUT2D eigenvalue weighted by Gasteiger charge is -2.31. The summed E-state index contributed by atoms with van der Waals surface area (Å²) in [5.41, 5.74) is 5.96. The van der Waals surface area contributed by atoms with Gasteiger partial charge in [-0.05, 0) is 49.6 Å². The molecule has 1 aromatic rings. The molecule has 0 amide bonds. The van der Waals surface area contributed by atoms with Gasteiger partial charge in [0.15, 0.2) is 0 Å². The minimum absolute atomic E-state index is 0.335. The molecule has 0 aliphatic heterocycles. The van der Waals surface area contributed by atoms with Gasteiger partial charge in [-0.1, -0.05) is 6.42 Å². The first-order chi connectivity index (χ1) is 8.93. The van der Waals surface area contributed by atoms with E-state index in [4.69, 9.17) is 5.73 Å². The van der Waals surface area contributed by atoms with Gasteiger partial charge in [0.25, 0.3) is 0 Å². The normalized spacial score (nSPS) is 23.6. The molecule has 1 aliphatic rings. The van der Waals surface area contributed by atoms with Crippen molar-refractivity contribution in [2.45, 2.75) is 31.5 Å². The van der Waals surface area contributed by atoms with Crippen molar-refractivity contribution < 1.29 is 13.2 Å². The third-order valence-corrected chi connectivity index (χ3v) is 4.02. The van der Waals surface area contributed by atoms with E-state index in [0.717, 1.165) is 37.1 Å². The van der Waals surface area contributed by atoms with E-state index in [0.29, 0.717) is 18.5 Å². The molecule has 2 rings (SSSR count). The summed E-state index contributed by atoms with van der Waals surface area (Å²) in [6, 6.07) is 5.68. The van der Waals surface area contributed by atoms with Crippen LogP contribution in [0.15, 0.2) is 24.3 Å². The van der Waals surface area contributed by atoms with E-state index >= 15 is 0 Å². The first-order valence-electron chi connectivity index (χ1n) is 6.53. The lowest BCUT2D eigenvalue weighted by molar-refractivity contribution is -0.137. The molecule has 0 radical (unpaired) electrons. The predicted molar refractivity (Wildman–Crippen MR) is 70.0 cm³/mol. The molecule has 2 N–H and O–H groups in total. The van der Waals surface area contributed by atoms with Crippen LogP contribution in [-0.2, 0) is 6.18 Å². The Morgan fingerprint density at radius 3 is 2.37 bits per heavy atom. The number of nitrogens with two attached hydrogens (primary N) is 1. The van der Waals surface area contributed by atoms with Gasteiger partial charge in [0.2, 0.25) is 0 Å². The summed E-state index contributed by atoms with van der Waals surface area (Å²) in [4.78, 5) is 2.06. The molecule has 2 nitrogen and oxygen atoms in total. The maximum atomic E-state index is 12.5. The summed E-state index contributed by atoms with van der Waals surface area (Å²) in [5.74, 6) is 0.437. The van der Waals surface area contributed by atoms with E-state index in [1.807, 2.05) is 7.05 Å².